The highest BCUT2D eigenvalue weighted by molar-refractivity contribution is 7.91. The molecule has 0 spiro atoms. The van der Waals surface area contributed by atoms with Gasteiger partial charge in [0.15, 0.2) is 9.84 Å². The summed E-state index contributed by atoms with van der Waals surface area (Å²) < 4.78 is 33.5. The smallest absolute Gasteiger partial charge is 0.224 e. The highest BCUT2D eigenvalue weighted by Gasteiger charge is 2.32. The van der Waals surface area contributed by atoms with E-state index in [1.807, 2.05) is 12.1 Å². The average molecular weight is 356 g/mol. The number of hydrogen-bond acceptors (Lipinski definition) is 6. The van der Waals surface area contributed by atoms with Crippen LogP contribution in [0.1, 0.15) is 12.8 Å². The predicted molar refractivity (Wildman–Crippen MR) is 92.5 cm³/mol. The molecule has 1 amide bonds. The third-order valence-corrected chi connectivity index (χ3v) is 5.96. The molecule has 1 aliphatic heterocycles. The van der Waals surface area contributed by atoms with E-state index in [9.17, 15) is 13.2 Å². The Hall–Kier alpha value is -1.96. The minimum Gasteiger partial charge on any atom is -0.497 e. The first-order valence-corrected chi connectivity index (χ1v) is 9.60. The zero-order valence-electron chi connectivity index (χ0n) is 14.2. The van der Waals surface area contributed by atoms with Crippen LogP contribution in [0.4, 0.5) is 5.69 Å². The van der Waals surface area contributed by atoms with Gasteiger partial charge in [-0.25, -0.2) is 8.42 Å². The summed E-state index contributed by atoms with van der Waals surface area (Å²) in [6, 6.07) is 5.19. The zero-order valence-corrected chi connectivity index (χ0v) is 15.1. The molecule has 7 nitrogen and oxygen atoms in total. The van der Waals surface area contributed by atoms with E-state index in [4.69, 9.17) is 9.47 Å². The maximum Gasteiger partial charge on any atom is 0.224 e. The monoisotopic (exact) mass is 356 g/mol. The molecule has 0 saturated carbocycles. The molecule has 134 valence electrons. The van der Waals surface area contributed by atoms with Crippen LogP contribution in [0.15, 0.2) is 18.2 Å². The normalized spacial score (nSPS) is 18.9. The fraction of sp³-hybridized carbons (Fsp3) is 0.562. The Kier molecular flexibility index (Phi) is 5.93. The first-order chi connectivity index (χ1) is 11.4. The molecular formula is C16H24N2O5S. The highest BCUT2D eigenvalue weighted by Crippen LogP contribution is 2.29. The molecule has 0 radical (unpaired) electrons. The SMILES string of the molecule is COc1ccc(NCCC(=O)N(C)C2CCS(=O)(=O)C2)c(OC)c1. The fourth-order valence-corrected chi connectivity index (χ4v) is 4.48. The third kappa shape index (κ3) is 4.53. The fourth-order valence-electron chi connectivity index (χ4n) is 2.71. The lowest BCUT2D eigenvalue weighted by atomic mass is 10.2. The number of nitrogens with zero attached hydrogens (tertiary/aromatic N) is 1. The standard InChI is InChI=1S/C16H24N2O5S/c1-18(12-7-9-24(20,21)11-12)16(19)6-8-17-14-5-4-13(22-2)10-15(14)23-3/h4-5,10,12,17H,6-9,11H2,1-3H3. The lowest BCUT2D eigenvalue weighted by molar-refractivity contribution is -0.131. The molecule has 1 aromatic carbocycles. The molecule has 1 N–H and O–H groups in total. The lowest BCUT2D eigenvalue weighted by Gasteiger charge is -2.23. The van der Waals surface area contributed by atoms with Gasteiger partial charge in [-0.15, -0.1) is 0 Å². The van der Waals surface area contributed by atoms with E-state index in [1.54, 1.807) is 32.2 Å². The quantitative estimate of drug-likeness (QED) is 0.789. The predicted octanol–water partition coefficient (Wildman–Crippen LogP) is 1.15. The number of benzene rings is 1. The van der Waals surface area contributed by atoms with Gasteiger partial charge in [-0.1, -0.05) is 0 Å². The molecule has 1 fully saturated rings. The summed E-state index contributed by atoms with van der Waals surface area (Å²) in [4.78, 5) is 13.8. The van der Waals surface area contributed by atoms with Crippen LogP contribution in [0.5, 0.6) is 11.5 Å². The van der Waals surface area contributed by atoms with Gasteiger partial charge in [0.25, 0.3) is 0 Å². The number of methoxy groups -OCH3 is 2. The molecule has 0 aliphatic carbocycles. The Morgan fingerprint density at radius 1 is 1.33 bits per heavy atom. The van der Waals surface area contributed by atoms with Crippen molar-refractivity contribution < 1.29 is 22.7 Å². The van der Waals surface area contributed by atoms with E-state index in [0.29, 0.717) is 24.5 Å². The maximum atomic E-state index is 12.2. The second kappa shape index (κ2) is 7.74. The van der Waals surface area contributed by atoms with Crippen molar-refractivity contribution >= 4 is 21.4 Å². The summed E-state index contributed by atoms with van der Waals surface area (Å²) in [5.41, 5.74) is 0.775. The van der Waals surface area contributed by atoms with E-state index in [-0.39, 0.29) is 29.9 Å². The summed E-state index contributed by atoms with van der Waals surface area (Å²) >= 11 is 0. The van der Waals surface area contributed by atoms with Crippen LogP contribution in [0.25, 0.3) is 0 Å². The van der Waals surface area contributed by atoms with E-state index in [2.05, 4.69) is 5.32 Å². The first kappa shape index (κ1) is 18.4. The molecule has 2 rings (SSSR count). The van der Waals surface area contributed by atoms with Crippen molar-refractivity contribution in [2.75, 3.05) is 44.6 Å². The van der Waals surface area contributed by atoms with Crippen LogP contribution in [-0.2, 0) is 14.6 Å². The van der Waals surface area contributed by atoms with Crippen molar-refractivity contribution in [2.45, 2.75) is 18.9 Å². The number of carbonyl (C=O) groups excluding carboxylic acids is 1. The van der Waals surface area contributed by atoms with Gasteiger partial charge in [0.05, 0.1) is 31.4 Å². The summed E-state index contributed by atoms with van der Waals surface area (Å²) in [6.45, 7) is 0.436. The van der Waals surface area contributed by atoms with E-state index < -0.39 is 9.84 Å². The zero-order chi connectivity index (χ0) is 17.7. The van der Waals surface area contributed by atoms with Gasteiger partial charge >= 0.3 is 0 Å². The van der Waals surface area contributed by atoms with Crippen molar-refractivity contribution in [1.29, 1.82) is 0 Å². The molecule has 1 heterocycles. The number of carbonyl (C=O) groups is 1. The molecular weight excluding hydrogens is 332 g/mol. The van der Waals surface area contributed by atoms with Crippen molar-refractivity contribution in [3.05, 3.63) is 18.2 Å². The van der Waals surface area contributed by atoms with Gasteiger partial charge in [-0.2, -0.15) is 0 Å². The average Bonchev–Trinajstić information content (AvgIpc) is 2.94. The maximum absolute atomic E-state index is 12.2. The highest BCUT2D eigenvalue weighted by atomic mass is 32.2. The van der Waals surface area contributed by atoms with Crippen LogP contribution < -0.4 is 14.8 Å². The summed E-state index contributed by atoms with van der Waals surface area (Å²) in [6.07, 6.45) is 0.798. The van der Waals surface area contributed by atoms with Crippen molar-refractivity contribution in [2.24, 2.45) is 0 Å². The Morgan fingerprint density at radius 2 is 2.08 bits per heavy atom. The van der Waals surface area contributed by atoms with Gasteiger partial charge in [0.1, 0.15) is 11.5 Å². The molecule has 0 bridgehead atoms. The van der Waals surface area contributed by atoms with Gasteiger partial charge < -0.3 is 19.7 Å². The molecule has 1 aromatic rings. The molecule has 24 heavy (non-hydrogen) atoms. The molecule has 1 aliphatic rings. The number of rotatable bonds is 7. The Bertz CT molecular complexity index is 690. The number of hydrogen-bond donors (Lipinski definition) is 1. The number of nitrogens with one attached hydrogen (secondary N) is 1. The summed E-state index contributed by atoms with van der Waals surface area (Å²) in [5, 5.41) is 3.16. The van der Waals surface area contributed by atoms with Crippen LogP contribution in [0.3, 0.4) is 0 Å². The second-order valence-electron chi connectivity index (χ2n) is 5.80. The van der Waals surface area contributed by atoms with Crippen molar-refractivity contribution in [3.8, 4) is 11.5 Å². The topological polar surface area (TPSA) is 84.9 Å². The number of ether oxygens (including phenoxy) is 2. The van der Waals surface area contributed by atoms with Crippen molar-refractivity contribution in [3.63, 3.8) is 0 Å². The largest absolute Gasteiger partial charge is 0.497 e. The minimum absolute atomic E-state index is 0.0645. The Balaban J connectivity index is 1.86. The Morgan fingerprint density at radius 3 is 2.67 bits per heavy atom. The second-order valence-corrected chi connectivity index (χ2v) is 8.03. The van der Waals surface area contributed by atoms with Crippen molar-refractivity contribution in [1.82, 2.24) is 4.90 Å². The minimum atomic E-state index is -2.99. The molecule has 1 atom stereocenters. The van der Waals surface area contributed by atoms with E-state index in [0.717, 1.165) is 5.69 Å². The van der Waals surface area contributed by atoms with E-state index >= 15 is 0 Å². The molecule has 0 aromatic heterocycles. The number of sulfone groups is 1. The van der Waals surface area contributed by atoms with Crippen LogP contribution >= 0.6 is 0 Å². The van der Waals surface area contributed by atoms with Gasteiger partial charge in [-0.05, 0) is 18.6 Å². The van der Waals surface area contributed by atoms with Crippen LogP contribution in [0, 0.1) is 0 Å². The molecule has 1 unspecified atom stereocenters. The first-order valence-electron chi connectivity index (χ1n) is 7.78. The lowest BCUT2D eigenvalue weighted by Crippen LogP contribution is -2.38. The third-order valence-electron chi connectivity index (χ3n) is 4.21. The van der Waals surface area contributed by atoms with Gasteiger partial charge in [0, 0.05) is 32.1 Å². The van der Waals surface area contributed by atoms with Crippen LogP contribution in [-0.4, -0.2) is 64.6 Å². The summed E-state index contributed by atoms with van der Waals surface area (Å²) in [5.74, 6) is 1.48. The molecule has 1 saturated heterocycles. The van der Waals surface area contributed by atoms with Crippen LogP contribution in [0.2, 0.25) is 0 Å². The van der Waals surface area contributed by atoms with Gasteiger partial charge in [-0.3, -0.25) is 4.79 Å². The molecule has 8 heteroatoms. The summed E-state index contributed by atoms with van der Waals surface area (Å²) in [7, 11) is 1.83. The van der Waals surface area contributed by atoms with E-state index in [1.165, 1.54) is 0 Å². The van der Waals surface area contributed by atoms with Gasteiger partial charge in [0.2, 0.25) is 5.91 Å². The number of amides is 1. The Labute approximate surface area is 142 Å². The number of anilines is 1.